The van der Waals surface area contributed by atoms with Crippen LogP contribution in [-0.2, 0) is 14.3 Å². The van der Waals surface area contributed by atoms with E-state index in [1.165, 1.54) is 17.1 Å². The van der Waals surface area contributed by atoms with E-state index < -0.39 is 12.1 Å². The van der Waals surface area contributed by atoms with Crippen LogP contribution in [0.4, 0.5) is 0 Å². The fraction of sp³-hybridized carbons (Fsp3) is 0.333. The van der Waals surface area contributed by atoms with Crippen LogP contribution >= 0.6 is 11.8 Å². The summed E-state index contributed by atoms with van der Waals surface area (Å²) in [4.78, 5) is 25.9. The van der Waals surface area contributed by atoms with Gasteiger partial charge in [-0.15, -0.1) is 11.8 Å². The van der Waals surface area contributed by atoms with E-state index in [1.54, 1.807) is 4.90 Å². The fourth-order valence-electron chi connectivity index (χ4n) is 2.76. The molecule has 0 radical (unpaired) electrons. The standard InChI is InChI=1S/C18H19NO4S/c20-17(19-7-8-23-15(11-19)10-18(21)22)12-24-16-6-5-13-3-1-2-4-14(13)9-16/h1-6,9,15H,7-8,10-12H2,(H,21,22). The van der Waals surface area contributed by atoms with Crippen LogP contribution in [0.3, 0.4) is 0 Å². The molecule has 0 spiro atoms. The number of carboxylic acids is 1. The Morgan fingerprint density at radius 1 is 1.21 bits per heavy atom. The largest absolute Gasteiger partial charge is 0.481 e. The lowest BCUT2D eigenvalue weighted by molar-refractivity contribution is -0.146. The third-order valence-corrected chi connectivity index (χ3v) is 4.96. The molecule has 1 saturated heterocycles. The molecule has 1 N–H and O–H groups in total. The molecule has 6 heteroatoms. The summed E-state index contributed by atoms with van der Waals surface area (Å²) < 4.78 is 5.40. The number of ether oxygens (including phenoxy) is 1. The zero-order valence-corrected chi connectivity index (χ0v) is 14.0. The smallest absolute Gasteiger partial charge is 0.306 e. The van der Waals surface area contributed by atoms with E-state index in [1.807, 2.05) is 18.2 Å². The molecule has 1 heterocycles. The van der Waals surface area contributed by atoms with Gasteiger partial charge in [-0.2, -0.15) is 0 Å². The van der Waals surface area contributed by atoms with Gasteiger partial charge >= 0.3 is 5.97 Å². The first-order chi connectivity index (χ1) is 11.6. The first-order valence-electron chi connectivity index (χ1n) is 7.84. The van der Waals surface area contributed by atoms with Gasteiger partial charge in [-0.25, -0.2) is 0 Å². The molecule has 3 rings (SSSR count). The highest BCUT2D eigenvalue weighted by atomic mass is 32.2. The molecular formula is C18H19NO4S. The molecule has 0 aliphatic carbocycles. The topological polar surface area (TPSA) is 66.8 Å². The van der Waals surface area contributed by atoms with Crippen molar-refractivity contribution < 1.29 is 19.4 Å². The van der Waals surface area contributed by atoms with Crippen LogP contribution in [0.2, 0.25) is 0 Å². The molecular weight excluding hydrogens is 326 g/mol. The monoisotopic (exact) mass is 345 g/mol. The van der Waals surface area contributed by atoms with Gasteiger partial charge in [0.2, 0.25) is 5.91 Å². The molecule has 1 aliphatic rings. The van der Waals surface area contributed by atoms with Gasteiger partial charge in [0.1, 0.15) is 0 Å². The lowest BCUT2D eigenvalue weighted by Gasteiger charge is -2.32. The second-order valence-corrected chi connectivity index (χ2v) is 6.78. The number of fused-ring (bicyclic) bond motifs is 1. The van der Waals surface area contributed by atoms with Crippen LogP contribution in [0.15, 0.2) is 47.4 Å². The van der Waals surface area contributed by atoms with Crippen molar-refractivity contribution in [2.45, 2.75) is 17.4 Å². The van der Waals surface area contributed by atoms with Crippen molar-refractivity contribution in [3.8, 4) is 0 Å². The number of benzene rings is 2. The number of hydrogen-bond acceptors (Lipinski definition) is 4. The summed E-state index contributed by atoms with van der Waals surface area (Å²) in [7, 11) is 0. The fourth-order valence-corrected chi connectivity index (χ4v) is 3.60. The van der Waals surface area contributed by atoms with Crippen LogP contribution in [0, 0.1) is 0 Å². The van der Waals surface area contributed by atoms with Crippen molar-refractivity contribution in [1.29, 1.82) is 0 Å². The van der Waals surface area contributed by atoms with Gasteiger partial charge in [-0.3, -0.25) is 9.59 Å². The molecule has 0 aromatic heterocycles. The number of nitrogens with zero attached hydrogens (tertiary/aromatic N) is 1. The summed E-state index contributed by atoms with van der Waals surface area (Å²) in [5, 5.41) is 11.2. The van der Waals surface area contributed by atoms with Crippen molar-refractivity contribution >= 4 is 34.4 Å². The van der Waals surface area contributed by atoms with Gasteiger partial charge in [-0.1, -0.05) is 30.3 Å². The molecule has 1 amide bonds. The lowest BCUT2D eigenvalue weighted by atomic mass is 10.1. The third kappa shape index (κ3) is 4.27. The maximum atomic E-state index is 12.4. The molecule has 1 unspecified atom stereocenters. The Hall–Kier alpha value is -2.05. The van der Waals surface area contributed by atoms with Crippen molar-refractivity contribution in [1.82, 2.24) is 4.90 Å². The number of rotatable bonds is 5. The maximum absolute atomic E-state index is 12.4. The number of morpholine rings is 1. The molecule has 0 saturated carbocycles. The highest BCUT2D eigenvalue weighted by molar-refractivity contribution is 8.00. The van der Waals surface area contributed by atoms with Gasteiger partial charge in [0, 0.05) is 18.0 Å². The summed E-state index contributed by atoms with van der Waals surface area (Å²) >= 11 is 1.50. The Morgan fingerprint density at radius 3 is 2.79 bits per heavy atom. The second-order valence-electron chi connectivity index (χ2n) is 5.73. The molecule has 126 valence electrons. The first kappa shape index (κ1) is 16.8. The predicted octanol–water partition coefficient (Wildman–Crippen LogP) is 2.63. The Kier molecular flexibility index (Phi) is 5.37. The average Bonchev–Trinajstić information content (AvgIpc) is 2.59. The number of carbonyl (C=O) groups excluding carboxylic acids is 1. The summed E-state index contributed by atoms with van der Waals surface area (Å²) in [6, 6.07) is 14.3. The van der Waals surface area contributed by atoms with Gasteiger partial charge in [0.25, 0.3) is 0 Å². The van der Waals surface area contributed by atoms with E-state index >= 15 is 0 Å². The van der Waals surface area contributed by atoms with E-state index in [2.05, 4.69) is 24.3 Å². The molecule has 1 fully saturated rings. The molecule has 1 atom stereocenters. The summed E-state index contributed by atoms with van der Waals surface area (Å²) in [6.45, 7) is 1.26. The van der Waals surface area contributed by atoms with Crippen molar-refractivity contribution in [3.63, 3.8) is 0 Å². The van der Waals surface area contributed by atoms with Crippen molar-refractivity contribution in [3.05, 3.63) is 42.5 Å². The molecule has 1 aliphatic heterocycles. The van der Waals surface area contributed by atoms with Crippen LogP contribution in [0.1, 0.15) is 6.42 Å². The predicted molar refractivity (Wildman–Crippen MR) is 93.2 cm³/mol. The van der Waals surface area contributed by atoms with Crippen molar-refractivity contribution in [2.75, 3.05) is 25.4 Å². The molecule has 24 heavy (non-hydrogen) atoms. The number of amides is 1. The summed E-state index contributed by atoms with van der Waals surface area (Å²) in [5.41, 5.74) is 0. The van der Waals surface area contributed by atoms with E-state index in [0.29, 0.717) is 25.4 Å². The highest BCUT2D eigenvalue weighted by Gasteiger charge is 2.25. The van der Waals surface area contributed by atoms with Crippen LogP contribution < -0.4 is 0 Å². The van der Waals surface area contributed by atoms with Crippen LogP contribution in [0.5, 0.6) is 0 Å². The van der Waals surface area contributed by atoms with E-state index in [0.717, 1.165) is 10.3 Å². The molecule has 2 aromatic rings. The van der Waals surface area contributed by atoms with Crippen LogP contribution in [0.25, 0.3) is 10.8 Å². The highest BCUT2D eigenvalue weighted by Crippen LogP contribution is 2.24. The minimum Gasteiger partial charge on any atom is -0.481 e. The normalized spacial score (nSPS) is 17.8. The number of carbonyl (C=O) groups is 2. The third-order valence-electron chi connectivity index (χ3n) is 3.98. The average molecular weight is 345 g/mol. The number of aliphatic carboxylic acids is 1. The Labute approximate surface area is 144 Å². The van der Waals surface area contributed by atoms with Gasteiger partial charge in [0.15, 0.2) is 0 Å². The van der Waals surface area contributed by atoms with Crippen LogP contribution in [-0.4, -0.2) is 53.4 Å². The van der Waals surface area contributed by atoms with Gasteiger partial charge < -0.3 is 14.7 Å². The minimum atomic E-state index is -0.903. The minimum absolute atomic E-state index is 0.0202. The maximum Gasteiger partial charge on any atom is 0.306 e. The number of carboxylic acid groups (broad SMARTS) is 1. The van der Waals surface area contributed by atoms with E-state index in [4.69, 9.17) is 9.84 Å². The Morgan fingerprint density at radius 2 is 2.00 bits per heavy atom. The molecule has 0 bridgehead atoms. The Balaban J connectivity index is 1.56. The van der Waals surface area contributed by atoms with Crippen molar-refractivity contribution in [2.24, 2.45) is 0 Å². The van der Waals surface area contributed by atoms with E-state index in [9.17, 15) is 9.59 Å². The van der Waals surface area contributed by atoms with Gasteiger partial charge in [0.05, 0.1) is 24.9 Å². The zero-order valence-electron chi connectivity index (χ0n) is 13.2. The number of thioether (sulfide) groups is 1. The number of hydrogen-bond donors (Lipinski definition) is 1. The molecule has 5 nitrogen and oxygen atoms in total. The Bertz CT molecular complexity index is 749. The SMILES string of the molecule is O=C(O)CC1CN(C(=O)CSc2ccc3ccccc3c2)CCO1. The summed E-state index contributed by atoms with van der Waals surface area (Å²) in [5.74, 6) is -0.537. The zero-order chi connectivity index (χ0) is 16.9. The van der Waals surface area contributed by atoms with E-state index in [-0.39, 0.29) is 12.3 Å². The quantitative estimate of drug-likeness (QED) is 0.844. The second kappa shape index (κ2) is 7.68. The van der Waals surface area contributed by atoms with Gasteiger partial charge in [-0.05, 0) is 22.9 Å². The first-order valence-corrected chi connectivity index (χ1v) is 8.83. The molecule has 2 aromatic carbocycles. The lowest BCUT2D eigenvalue weighted by Crippen LogP contribution is -2.46. The summed E-state index contributed by atoms with van der Waals surface area (Å²) in [6.07, 6.45) is -0.479.